The number of hydrogen-bond acceptors (Lipinski definition) is 4. The van der Waals surface area contributed by atoms with Crippen molar-refractivity contribution in [1.29, 1.82) is 0 Å². The van der Waals surface area contributed by atoms with Gasteiger partial charge < -0.3 is 19.7 Å². The molecule has 0 aromatic heterocycles. The Hall–Kier alpha value is -1.95. The highest BCUT2D eigenvalue weighted by Crippen LogP contribution is 2.27. The van der Waals surface area contributed by atoms with Crippen LogP contribution in [0.25, 0.3) is 0 Å². The molecular formula is C18H29N3O3. The highest BCUT2D eigenvalue weighted by atomic mass is 16.5. The second kappa shape index (κ2) is 7.75. The van der Waals surface area contributed by atoms with E-state index in [0.717, 1.165) is 31.7 Å². The summed E-state index contributed by atoms with van der Waals surface area (Å²) in [6.45, 7) is 10.4. The third-order valence-electron chi connectivity index (χ3n) is 4.41. The summed E-state index contributed by atoms with van der Waals surface area (Å²) >= 11 is 0. The van der Waals surface area contributed by atoms with Gasteiger partial charge in [-0.25, -0.2) is 4.79 Å². The van der Waals surface area contributed by atoms with Gasteiger partial charge in [-0.3, -0.25) is 4.90 Å². The highest BCUT2D eigenvalue weighted by Gasteiger charge is 2.27. The van der Waals surface area contributed by atoms with Crippen molar-refractivity contribution < 1.29 is 14.3 Å². The third kappa shape index (κ3) is 4.54. The fourth-order valence-electron chi connectivity index (χ4n) is 2.86. The van der Waals surface area contributed by atoms with Gasteiger partial charge in [0.05, 0.1) is 14.2 Å². The molecule has 0 radical (unpaired) electrons. The predicted octanol–water partition coefficient (Wildman–Crippen LogP) is 2.33. The van der Waals surface area contributed by atoms with Gasteiger partial charge in [0.25, 0.3) is 0 Å². The van der Waals surface area contributed by atoms with Crippen LogP contribution in [-0.2, 0) is 6.54 Å². The van der Waals surface area contributed by atoms with Crippen molar-refractivity contribution >= 4 is 6.03 Å². The Kier molecular flexibility index (Phi) is 5.94. The van der Waals surface area contributed by atoms with E-state index in [9.17, 15) is 4.79 Å². The lowest BCUT2D eigenvalue weighted by molar-refractivity contribution is 0.0742. The molecule has 1 aliphatic rings. The Bertz CT molecular complexity index is 561. The van der Waals surface area contributed by atoms with E-state index < -0.39 is 0 Å². The van der Waals surface area contributed by atoms with E-state index in [0.29, 0.717) is 18.0 Å². The van der Waals surface area contributed by atoms with Crippen LogP contribution in [0.15, 0.2) is 18.2 Å². The molecule has 1 aromatic rings. The van der Waals surface area contributed by atoms with Crippen LogP contribution in [0.3, 0.4) is 0 Å². The molecule has 134 valence electrons. The Morgan fingerprint density at radius 1 is 1.08 bits per heavy atom. The Balaban J connectivity index is 1.86. The largest absolute Gasteiger partial charge is 0.493 e. The molecule has 0 saturated carbocycles. The zero-order chi connectivity index (χ0) is 17.7. The monoisotopic (exact) mass is 335 g/mol. The average Bonchev–Trinajstić information content (AvgIpc) is 2.58. The van der Waals surface area contributed by atoms with Crippen molar-refractivity contribution in [2.45, 2.75) is 32.9 Å². The number of carbonyl (C=O) groups excluding carboxylic acids is 1. The van der Waals surface area contributed by atoms with Crippen LogP contribution in [0.1, 0.15) is 26.3 Å². The van der Waals surface area contributed by atoms with Crippen molar-refractivity contribution in [2.75, 3.05) is 40.4 Å². The van der Waals surface area contributed by atoms with Crippen LogP contribution in [0.2, 0.25) is 0 Å². The minimum atomic E-state index is -0.0154. The molecule has 6 heteroatoms. The average molecular weight is 335 g/mol. The second-order valence-electron chi connectivity index (χ2n) is 6.99. The number of carbonyl (C=O) groups is 1. The minimum Gasteiger partial charge on any atom is -0.493 e. The van der Waals surface area contributed by atoms with Crippen LogP contribution >= 0.6 is 0 Å². The first-order chi connectivity index (χ1) is 11.3. The highest BCUT2D eigenvalue weighted by molar-refractivity contribution is 5.74. The summed E-state index contributed by atoms with van der Waals surface area (Å²) in [5, 5.41) is 2.98. The molecule has 1 heterocycles. The number of benzene rings is 1. The number of ether oxygens (including phenoxy) is 2. The van der Waals surface area contributed by atoms with Gasteiger partial charge in [-0.05, 0) is 38.5 Å². The third-order valence-corrected chi connectivity index (χ3v) is 4.41. The number of methoxy groups -OCH3 is 2. The molecule has 2 amide bonds. The normalized spacial score (nSPS) is 16.0. The summed E-state index contributed by atoms with van der Waals surface area (Å²) in [7, 11) is 3.21. The lowest BCUT2D eigenvalue weighted by Crippen LogP contribution is -2.56. The predicted molar refractivity (Wildman–Crippen MR) is 94.7 cm³/mol. The SMILES string of the molecule is COc1ccc(CNC(=O)N2CCN(C(C)(C)C)CC2)cc1OC. The molecule has 0 atom stereocenters. The lowest BCUT2D eigenvalue weighted by atomic mass is 10.1. The summed E-state index contributed by atoms with van der Waals surface area (Å²) < 4.78 is 10.5. The van der Waals surface area contributed by atoms with Crippen LogP contribution in [0.4, 0.5) is 4.79 Å². The van der Waals surface area contributed by atoms with E-state index in [1.165, 1.54) is 0 Å². The fraction of sp³-hybridized carbons (Fsp3) is 0.611. The van der Waals surface area contributed by atoms with Crippen molar-refractivity contribution in [3.63, 3.8) is 0 Å². The van der Waals surface area contributed by atoms with Gasteiger partial charge in [0.2, 0.25) is 0 Å². The molecule has 6 nitrogen and oxygen atoms in total. The Labute approximate surface area is 144 Å². The smallest absolute Gasteiger partial charge is 0.317 e. The van der Waals surface area contributed by atoms with Gasteiger partial charge in [0.15, 0.2) is 11.5 Å². The first kappa shape index (κ1) is 18.4. The van der Waals surface area contributed by atoms with Crippen LogP contribution < -0.4 is 14.8 Å². The summed E-state index contributed by atoms with van der Waals surface area (Å²) in [4.78, 5) is 16.6. The quantitative estimate of drug-likeness (QED) is 0.917. The number of nitrogens with zero attached hydrogens (tertiary/aromatic N) is 2. The van der Waals surface area contributed by atoms with E-state index >= 15 is 0 Å². The molecule has 0 unspecified atom stereocenters. The molecule has 1 saturated heterocycles. The molecular weight excluding hydrogens is 306 g/mol. The summed E-state index contributed by atoms with van der Waals surface area (Å²) in [5.41, 5.74) is 1.14. The van der Waals surface area contributed by atoms with Gasteiger partial charge in [0.1, 0.15) is 0 Å². The van der Waals surface area contributed by atoms with E-state index in [4.69, 9.17) is 9.47 Å². The molecule has 1 N–H and O–H groups in total. The molecule has 2 rings (SSSR count). The number of nitrogens with one attached hydrogen (secondary N) is 1. The molecule has 0 bridgehead atoms. The van der Waals surface area contributed by atoms with Gasteiger partial charge in [-0.2, -0.15) is 0 Å². The molecule has 1 aliphatic heterocycles. The number of piperazine rings is 1. The zero-order valence-corrected chi connectivity index (χ0v) is 15.4. The fourth-order valence-corrected chi connectivity index (χ4v) is 2.86. The summed E-state index contributed by atoms with van der Waals surface area (Å²) in [6, 6.07) is 5.65. The molecule has 1 aromatic carbocycles. The molecule has 0 aliphatic carbocycles. The maximum absolute atomic E-state index is 12.3. The van der Waals surface area contributed by atoms with Gasteiger partial charge in [0, 0.05) is 38.3 Å². The number of amides is 2. The minimum absolute atomic E-state index is 0.0154. The number of hydrogen-bond donors (Lipinski definition) is 1. The molecule has 1 fully saturated rings. The Morgan fingerprint density at radius 3 is 2.25 bits per heavy atom. The van der Waals surface area contributed by atoms with E-state index in [-0.39, 0.29) is 11.6 Å². The van der Waals surface area contributed by atoms with Crippen LogP contribution in [-0.4, -0.2) is 61.8 Å². The standard InChI is InChI=1S/C18H29N3O3/c1-18(2,3)21-10-8-20(9-11-21)17(22)19-13-14-6-7-15(23-4)16(12-14)24-5/h6-7,12H,8-11,13H2,1-5H3,(H,19,22). The first-order valence-corrected chi connectivity index (χ1v) is 8.34. The summed E-state index contributed by atoms with van der Waals surface area (Å²) in [5.74, 6) is 1.36. The summed E-state index contributed by atoms with van der Waals surface area (Å²) in [6.07, 6.45) is 0. The second-order valence-corrected chi connectivity index (χ2v) is 6.99. The van der Waals surface area contributed by atoms with Crippen molar-refractivity contribution in [1.82, 2.24) is 15.1 Å². The Morgan fingerprint density at radius 2 is 1.71 bits per heavy atom. The lowest BCUT2D eigenvalue weighted by Gasteiger charge is -2.42. The van der Waals surface area contributed by atoms with Crippen LogP contribution in [0, 0.1) is 0 Å². The van der Waals surface area contributed by atoms with Crippen molar-refractivity contribution in [3.05, 3.63) is 23.8 Å². The van der Waals surface area contributed by atoms with Gasteiger partial charge in [-0.15, -0.1) is 0 Å². The topological polar surface area (TPSA) is 54.0 Å². The van der Waals surface area contributed by atoms with E-state index in [2.05, 4.69) is 31.0 Å². The first-order valence-electron chi connectivity index (χ1n) is 8.34. The zero-order valence-electron chi connectivity index (χ0n) is 15.4. The maximum Gasteiger partial charge on any atom is 0.317 e. The van der Waals surface area contributed by atoms with Gasteiger partial charge in [-0.1, -0.05) is 6.07 Å². The van der Waals surface area contributed by atoms with E-state index in [1.807, 2.05) is 23.1 Å². The number of rotatable bonds is 4. The molecule has 0 spiro atoms. The van der Waals surface area contributed by atoms with Crippen LogP contribution in [0.5, 0.6) is 11.5 Å². The van der Waals surface area contributed by atoms with Gasteiger partial charge >= 0.3 is 6.03 Å². The maximum atomic E-state index is 12.3. The van der Waals surface area contributed by atoms with Crippen molar-refractivity contribution in [2.24, 2.45) is 0 Å². The van der Waals surface area contributed by atoms with Crippen molar-refractivity contribution in [3.8, 4) is 11.5 Å². The van der Waals surface area contributed by atoms with E-state index in [1.54, 1.807) is 14.2 Å². The number of urea groups is 1. The molecule has 24 heavy (non-hydrogen) atoms.